The number of nitrogens with zero attached hydrogens (tertiary/aromatic N) is 1. The van der Waals surface area contributed by atoms with Crippen molar-refractivity contribution in [3.63, 3.8) is 0 Å². The highest BCUT2D eigenvalue weighted by molar-refractivity contribution is 6.22. The van der Waals surface area contributed by atoms with E-state index in [-0.39, 0.29) is 23.2 Å². The van der Waals surface area contributed by atoms with E-state index in [2.05, 4.69) is 11.9 Å². The van der Waals surface area contributed by atoms with Gasteiger partial charge in [-0.2, -0.15) is 0 Å². The Balaban J connectivity index is 1.39. The van der Waals surface area contributed by atoms with Crippen molar-refractivity contribution in [1.82, 2.24) is 4.90 Å². The molecule has 0 atom stereocenters. The lowest BCUT2D eigenvalue weighted by molar-refractivity contribution is -0.119. The lowest BCUT2D eigenvalue weighted by atomic mass is 10.1. The third-order valence-electron chi connectivity index (χ3n) is 4.98. The number of amides is 3. The molecule has 1 aliphatic heterocycles. The third kappa shape index (κ3) is 4.71. The van der Waals surface area contributed by atoms with Crippen molar-refractivity contribution < 1.29 is 28.7 Å². The fourth-order valence-corrected chi connectivity index (χ4v) is 3.39. The van der Waals surface area contributed by atoms with Crippen LogP contribution in [0.15, 0.2) is 85.5 Å². The van der Waals surface area contributed by atoms with Crippen LogP contribution >= 0.6 is 0 Å². The zero-order chi connectivity index (χ0) is 24.1. The lowest BCUT2D eigenvalue weighted by Crippen LogP contribution is -2.29. The van der Waals surface area contributed by atoms with E-state index >= 15 is 0 Å². The summed E-state index contributed by atoms with van der Waals surface area (Å²) in [5.74, 6) is -1.29. The number of nitrogens with one attached hydrogen (secondary N) is 1. The molecule has 1 aliphatic rings. The molecule has 34 heavy (non-hydrogen) atoms. The molecule has 4 rings (SSSR count). The minimum Gasteiger partial charge on any atom is -0.455 e. The van der Waals surface area contributed by atoms with Crippen molar-refractivity contribution in [2.24, 2.45) is 0 Å². The molecule has 0 aromatic heterocycles. The monoisotopic (exact) mass is 456 g/mol. The van der Waals surface area contributed by atoms with Gasteiger partial charge in [-0.05, 0) is 42.5 Å². The van der Waals surface area contributed by atoms with Gasteiger partial charge in [-0.1, -0.05) is 36.4 Å². The van der Waals surface area contributed by atoms with Crippen LogP contribution in [0.5, 0.6) is 11.5 Å². The molecular weight excluding hydrogens is 436 g/mol. The van der Waals surface area contributed by atoms with E-state index in [1.807, 2.05) is 18.2 Å². The molecule has 0 aliphatic carbocycles. The Hall–Kier alpha value is -4.72. The van der Waals surface area contributed by atoms with E-state index in [0.717, 1.165) is 4.90 Å². The predicted molar refractivity (Wildman–Crippen MR) is 124 cm³/mol. The Kier molecular flexibility index (Phi) is 6.49. The normalized spacial score (nSPS) is 12.2. The van der Waals surface area contributed by atoms with Gasteiger partial charge >= 0.3 is 5.97 Å². The Morgan fingerprint density at radius 2 is 1.62 bits per heavy atom. The van der Waals surface area contributed by atoms with Crippen molar-refractivity contribution >= 4 is 29.4 Å². The van der Waals surface area contributed by atoms with Gasteiger partial charge in [-0.3, -0.25) is 19.3 Å². The summed E-state index contributed by atoms with van der Waals surface area (Å²) in [6, 6.07) is 20.0. The molecule has 0 saturated carbocycles. The predicted octanol–water partition coefficient (Wildman–Crippen LogP) is 4.06. The SMILES string of the molecule is C=CCN1C(=O)c2ccc(C(=O)OCC(=O)Nc3ccccc3Oc3ccccc3)cc2C1=O. The van der Waals surface area contributed by atoms with Gasteiger partial charge in [0.25, 0.3) is 17.7 Å². The first-order chi connectivity index (χ1) is 16.5. The van der Waals surface area contributed by atoms with E-state index in [9.17, 15) is 19.2 Å². The molecule has 8 heteroatoms. The number of rotatable bonds is 8. The number of hydrogen-bond donors (Lipinski definition) is 1. The van der Waals surface area contributed by atoms with Crippen LogP contribution < -0.4 is 10.1 Å². The average molecular weight is 456 g/mol. The number of imide groups is 1. The first kappa shape index (κ1) is 22.5. The highest BCUT2D eigenvalue weighted by Crippen LogP contribution is 2.29. The molecule has 170 valence electrons. The van der Waals surface area contributed by atoms with E-state index < -0.39 is 30.3 Å². The number of fused-ring (bicyclic) bond motifs is 1. The molecule has 8 nitrogen and oxygen atoms in total. The zero-order valence-corrected chi connectivity index (χ0v) is 18.0. The molecule has 1 N–H and O–H groups in total. The molecule has 3 aromatic carbocycles. The van der Waals surface area contributed by atoms with Crippen LogP contribution in [-0.2, 0) is 9.53 Å². The Labute approximate surface area is 195 Å². The summed E-state index contributed by atoms with van der Waals surface area (Å²) < 4.78 is 10.9. The number of hydrogen-bond acceptors (Lipinski definition) is 6. The first-order valence-corrected chi connectivity index (χ1v) is 10.4. The Bertz CT molecular complexity index is 1290. The second kappa shape index (κ2) is 9.83. The van der Waals surface area contributed by atoms with Gasteiger partial charge in [0.05, 0.1) is 22.4 Å². The van der Waals surface area contributed by atoms with Crippen molar-refractivity contribution in [1.29, 1.82) is 0 Å². The highest BCUT2D eigenvalue weighted by Gasteiger charge is 2.35. The van der Waals surface area contributed by atoms with Gasteiger partial charge in [-0.25, -0.2) is 4.79 Å². The van der Waals surface area contributed by atoms with Crippen molar-refractivity contribution in [2.75, 3.05) is 18.5 Å². The average Bonchev–Trinajstić information content (AvgIpc) is 3.09. The molecule has 0 bridgehead atoms. The van der Waals surface area contributed by atoms with Gasteiger partial charge in [0, 0.05) is 6.54 Å². The summed E-state index contributed by atoms with van der Waals surface area (Å²) in [7, 11) is 0. The molecule has 0 fully saturated rings. The summed E-state index contributed by atoms with van der Waals surface area (Å²) in [5.41, 5.74) is 0.784. The summed E-state index contributed by atoms with van der Waals surface area (Å²) in [6.07, 6.45) is 1.44. The smallest absolute Gasteiger partial charge is 0.338 e. The quantitative estimate of drug-likeness (QED) is 0.312. The second-order valence-electron chi connectivity index (χ2n) is 7.31. The molecule has 0 radical (unpaired) electrons. The minimum atomic E-state index is -0.797. The van der Waals surface area contributed by atoms with E-state index in [1.165, 1.54) is 24.3 Å². The van der Waals surface area contributed by atoms with Gasteiger partial charge < -0.3 is 14.8 Å². The molecule has 3 aromatic rings. The highest BCUT2D eigenvalue weighted by atomic mass is 16.5. The van der Waals surface area contributed by atoms with Crippen molar-refractivity contribution in [3.05, 3.63) is 102 Å². The maximum atomic E-state index is 12.5. The first-order valence-electron chi connectivity index (χ1n) is 10.4. The van der Waals surface area contributed by atoms with Crippen LogP contribution in [0.2, 0.25) is 0 Å². The number of para-hydroxylation sites is 3. The number of carbonyl (C=O) groups is 4. The number of benzene rings is 3. The van der Waals surface area contributed by atoms with E-state index in [1.54, 1.807) is 36.4 Å². The maximum Gasteiger partial charge on any atom is 0.338 e. The molecule has 0 unspecified atom stereocenters. The number of carbonyl (C=O) groups excluding carboxylic acids is 4. The second-order valence-corrected chi connectivity index (χ2v) is 7.31. The van der Waals surface area contributed by atoms with E-state index in [4.69, 9.17) is 9.47 Å². The summed E-state index contributed by atoms with van der Waals surface area (Å²) in [6.45, 7) is 3.05. The topological polar surface area (TPSA) is 102 Å². The Morgan fingerprint density at radius 1 is 0.912 bits per heavy atom. The van der Waals surface area contributed by atoms with Crippen LogP contribution in [0.1, 0.15) is 31.1 Å². The fraction of sp³-hybridized carbons (Fsp3) is 0.0769. The van der Waals surface area contributed by atoms with Crippen LogP contribution in [-0.4, -0.2) is 41.7 Å². The molecule has 3 amide bonds. The number of ether oxygens (including phenoxy) is 2. The van der Waals surface area contributed by atoms with E-state index in [0.29, 0.717) is 17.2 Å². The molecular formula is C26H20N2O6. The lowest BCUT2D eigenvalue weighted by Gasteiger charge is -2.12. The van der Waals surface area contributed by atoms with Gasteiger partial charge in [0.2, 0.25) is 0 Å². The Morgan fingerprint density at radius 3 is 2.38 bits per heavy atom. The van der Waals surface area contributed by atoms with Gasteiger partial charge in [-0.15, -0.1) is 6.58 Å². The third-order valence-corrected chi connectivity index (χ3v) is 4.98. The molecule has 0 spiro atoms. The number of esters is 1. The van der Waals surface area contributed by atoms with Gasteiger partial charge in [0.15, 0.2) is 12.4 Å². The standard InChI is InChI=1S/C26H20N2O6/c1-2-14-28-24(30)19-13-12-17(15-20(19)25(28)31)26(32)33-16-23(29)27-21-10-6-7-11-22(21)34-18-8-4-3-5-9-18/h2-13,15H,1,14,16H2,(H,27,29). The summed E-state index contributed by atoms with van der Waals surface area (Å²) in [5, 5.41) is 2.66. The number of anilines is 1. The van der Waals surface area contributed by atoms with Crippen LogP contribution in [0.4, 0.5) is 5.69 Å². The maximum absolute atomic E-state index is 12.5. The van der Waals surface area contributed by atoms with Crippen molar-refractivity contribution in [3.8, 4) is 11.5 Å². The van der Waals surface area contributed by atoms with Crippen LogP contribution in [0.25, 0.3) is 0 Å². The van der Waals surface area contributed by atoms with Crippen LogP contribution in [0, 0.1) is 0 Å². The molecule has 0 saturated heterocycles. The summed E-state index contributed by atoms with van der Waals surface area (Å²) in [4.78, 5) is 50.6. The fourth-order valence-electron chi connectivity index (χ4n) is 3.39. The van der Waals surface area contributed by atoms with Crippen molar-refractivity contribution in [2.45, 2.75) is 0 Å². The zero-order valence-electron chi connectivity index (χ0n) is 18.0. The molecule has 1 heterocycles. The largest absolute Gasteiger partial charge is 0.455 e. The van der Waals surface area contributed by atoms with Gasteiger partial charge in [0.1, 0.15) is 5.75 Å². The van der Waals surface area contributed by atoms with Crippen LogP contribution in [0.3, 0.4) is 0 Å². The minimum absolute atomic E-state index is 0.0564. The summed E-state index contributed by atoms with van der Waals surface area (Å²) >= 11 is 0.